The molecule has 1 amide bonds. The summed E-state index contributed by atoms with van der Waals surface area (Å²) in [7, 11) is 0. The molecule has 0 spiro atoms. The van der Waals surface area contributed by atoms with E-state index in [2.05, 4.69) is 41.3 Å². The van der Waals surface area contributed by atoms with Crippen LogP contribution in [0.15, 0.2) is 47.5 Å². The monoisotopic (exact) mass is 432 g/mol. The Bertz CT molecular complexity index is 996. The second-order valence-electron chi connectivity index (χ2n) is 6.09. The fourth-order valence-corrected chi connectivity index (χ4v) is 4.76. The van der Waals surface area contributed by atoms with E-state index in [1.807, 2.05) is 10.6 Å². The lowest BCUT2D eigenvalue weighted by atomic mass is 10.1. The van der Waals surface area contributed by atoms with Crippen LogP contribution >= 0.6 is 34.7 Å². The molecule has 0 bridgehead atoms. The average molecular weight is 433 g/mol. The highest BCUT2D eigenvalue weighted by Gasteiger charge is 2.19. The Labute approximate surface area is 177 Å². The molecule has 8 heteroatoms. The largest absolute Gasteiger partial charge is 0.325 e. The number of hydrogen-bond donors (Lipinski definition) is 1. The molecule has 0 atom stereocenters. The number of carbonyl (C=O) groups excluding carboxylic acids is 1. The first kappa shape index (κ1) is 20.6. The summed E-state index contributed by atoms with van der Waals surface area (Å²) in [6, 6.07) is 7.08. The maximum Gasteiger partial charge on any atom is 0.234 e. The first-order valence-corrected chi connectivity index (χ1v) is 11.1. The van der Waals surface area contributed by atoms with Gasteiger partial charge >= 0.3 is 0 Å². The summed E-state index contributed by atoms with van der Waals surface area (Å²) in [6.07, 6.45) is 2.75. The van der Waals surface area contributed by atoms with Crippen molar-refractivity contribution in [1.29, 1.82) is 0 Å². The van der Waals surface area contributed by atoms with Crippen LogP contribution in [0.3, 0.4) is 0 Å². The Morgan fingerprint density at radius 3 is 2.96 bits per heavy atom. The molecule has 5 nitrogen and oxygen atoms in total. The highest BCUT2D eigenvalue weighted by molar-refractivity contribution is 7.99. The molecule has 0 fully saturated rings. The van der Waals surface area contributed by atoms with Crippen LogP contribution in [0.25, 0.3) is 11.4 Å². The van der Waals surface area contributed by atoms with Gasteiger partial charge in [-0.3, -0.25) is 9.36 Å². The van der Waals surface area contributed by atoms with Gasteiger partial charge in [0.2, 0.25) is 5.91 Å². The van der Waals surface area contributed by atoms with Gasteiger partial charge in [-0.15, -0.1) is 28.1 Å². The summed E-state index contributed by atoms with van der Waals surface area (Å²) in [5, 5.41) is 15.0. The zero-order chi connectivity index (χ0) is 20.1. The Morgan fingerprint density at radius 1 is 1.43 bits per heavy atom. The molecule has 28 heavy (non-hydrogen) atoms. The summed E-state index contributed by atoms with van der Waals surface area (Å²) < 4.78 is 2.00. The van der Waals surface area contributed by atoms with E-state index in [0.29, 0.717) is 22.4 Å². The molecule has 0 saturated carbocycles. The van der Waals surface area contributed by atoms with Crippen molar-refractivity contribution in [2.24, 2.45) is 0 Å². The number of rotatable bonds is 8. The lowest BCUT2D eigenvalue weighted by Crippen LogP contribution is -2.14. The Kier molecular flexibility index (Phi) is 6.93. The number of anilines is 1. The SMILES string of the molecule is C=CCn1c(SCC(=O)Nc2cccc(Cl)c2)nnc1-c1csc(C)c1CC. The van der Waals surface area contributed by atoms with Crippen LogP contribution in [-0.4, -0.2) is 26.4 Å². The van der Waals surface area contributed by atoms with Crippen LogP contribution in [0.2, 0.25) is 5.02 Å². The smallest absolute Gasteiger partial charge is 0.234 e. The molecular weight excluding hydrogens is 412 g/mol. The van der Waals surface area contributed by atoms with Crippen molar-refractivity contribution < 1.29 is 4.79 Å². The average Bonchev–Trinajstić information content (AvgIpc) is 3.23. The first-order valence-electron chi connectivity index (χ1n) is 8.83. The van der Waals surface area contributed by atoms with Gasteiger partial charge in [0.25, 0.3) is 0 Å². The number of thioether (sulfide) groups is 1. The predicted molar refractivity (Wildman–Crippen MR) is 118 cm³/mol. The number of nitrogens with one attached hydrogen (secondary N) is 1. The summed E-state index contributed by atoms with van der Waals surface area (Å²) in [5.41, 5.74) is 3.07. The van der Waals surface area contributed by atoms with E-state index >= 15 is 0 Å². The number of benzene rings is 1. The van der Waals surface area contributed by atoms with Crippen molar-refractivity contribution in [2.75, 3.05) is 11.1 Å². The molecule has 3 rings (SSSR count). The van der Waals surface area contributed by atoms with Gasteiger partial charge in [-0.2, -0.15) is 0 Å². The quantitative estimate of drug-likeness (QED) is 0.380. The lowest BCUT2D eigenvalue weighted by molar-refractivity contribution is -0.113. The summed E-state index contributed by atoms with van der Waals surface area (Å²) >= 11 is 9.03. The number of aromatic nitrogens is 3. The number of halogens is 1. The molecule has 0 aliphatic heterocycles. The van der Waals surface area contributed by atoms with Gasteiger partial charge < -0.3 is 5.32 Å². The highest BCUT2D eigenvalue weighted by atomic mass is 35.5. The van der Waals surface area contributed by atoms with Gasteiger partial charge in [0.15, 0.2) is 11.0 Å². The van der Waals surface area contributed by atoms with Crippen LogP contribution in [0, 0.1) is 6.92 Å². The van der Waals surface area contributed by atoms with Crippen LogP contribution < -0.4 is 5.32 Å². The number of nitrogens with zero attached hydrogens (tertiary/aromatic N) is 3. The van der Waals surface area contributed by atoms with E-state index in [0.717, 1.165) is 17.8 Å². The molecule has 0 aliphatic rings. The predicted octanol–water partition coefficient (Wildman–Crippen LogP) is 5.45. The molecule has 3 aromatic rings. The minimum Gasteiger partial charge on any atom is -0.325 e. The third kappa shape index (κ3) is 4.66. The van der Waals surface area contributed by atoms with Crippen LogP contribution in [0.5, 0.6) is 0 Å². The third-order valence-electron chi connectivity index (χ3n) is 4.17. The number of hydrogen-bond acceptors (Lipinski definition) is 5. The second-order valence-corrected chi connectivity index (χ2v) is 8.55. The first-order chi connectivity index (χ1) is 13.5. The third-order valence-corrected chi connectivity index (χ3v) is 6.32. The van der Waals surface area contributed by atoms with Crippen LogP contribution in [-0.2, 0) is 17.8 Å². The van der Waals surface area contributed by atoms with E-state index in [1.165, 1.54) is 22.2 Å². The Morgan fingerprint density at radius 2 is 2.25 bits per heavy atom. The fourth-order valence-electron chi connectivity index (χ4n) is 2.89. The maximum atomic E-state index is 12.3. The van der Waals surface area contributed by atoms with Crippen molar-refractivity contribution >= 4 is 46.3 Å². The Balaban J connectivity index is 1.76. The molecule has 2 aromatic heterocycles. The fraction of sp³-hybridized carbons (Fsp3) is 0.250. The summed E-state index contributed by atoms with van der Waals surface area (Å²) in [5.74, 6) is 0.923. The summed E-state index contributed by atoms with van der Waals surface area (Å²) in [4.78, 5) is 13.6. The lowest BCUT2D eigenvalue weighted by Gasteiger charge is -2.09. The van der Waals surface area contributed by atoms with E-state index in [9.17, 15) is 4.79 Å². The highest BCUT2D eigenvalue weighted by Crippen LogP contribution is 2.32. The molecule has 0 unspecified atom stereocenters. The minimum atomic E-state index is -0.123. The van der Waals surface area contributed by atoms with Gasteiger partial charge in [-0.1, -0.05) is 42.4 Å². The van der Waals surface area contributed by atoms with Crippen molar-refractivity contribution in [3.05, 3.63) is 57.8 Å². The molecule has 1 aromatic carbocycles. The maximum absolute atomic E-state index is 12.3. The van der Waals surface area contributed by atoms with Gasteiger partial charge in [-0.25, -0.2) is 0 Å². The molecule has 2 heterocycles. The van der Waals surface area contributed by atoms with Gasteiger partial charge in [0, 0.05) is 33.1 Å². The van der Waals surface area contributed by atoms with E-state index in [1.54, 1.807) is 35.6 Å². The number of carbonyl (C=O) groups is 1. The van der Waals surface area contributed by atoms with Gasteiger partial charge in [0.1, 0.15) is 0 Å². The topological polar surface area (TPSA) is 59.8 Å². The standard InChI is InChI=1S/C20H21ClN4OS2/c1-4-9-25-19(17-11-27-13(3)16(17)5-2)23-24-20(25)28-12-18(26)22-15-8-6-7-14(21)10-15/h4,6-8,10-11H,1,5,9,12H2,2-3H3,(H,22,26). The van der Waals surface area contributed by atoms with E-state index in [4.69, 9.17) is 11.6 Å². The minimum absolute atomic E-state index is 0.123. The molecule has 146 valence electrons. The van der Waals surface area contributed by atoms with Gasteiger partial charge in [-0.05, 0) is 37.1 Å². The molecule has 0 aliphatic carbocycles. The van der Waals surface area contributed by atoms with Crippen molar-refractivity contribution in [1.82, 2.24) is 14.8 Å². The number of thiophene rings is 1. The zero-order valence-corrected chi connectivity index (χ0v) is 18.1. The van der Waals surface area contributed by atoms with E-state index in [-0.39, 0.29) is 11.7 Å². The van der Waals surface area contributed by atoms with Gasteiger partial charge in [0.05, 0.1) is 5.75 Å². The number of aryl methyl sites for hydroxylation is 1. The number of amides is 1. The Hall–Kier alpha value is -2.09. The van der Waals surface area contributed by atoms with Crippen LogP contribution in [0.4, 0.5) is 5.69 Å². The van der Waals surface area contributed by atoms with Crippen molar-refractivity contribution in [3.8, 4) is 11.4 Å². The molecule has 1 N–H and O–H groups in total. The molecule has 0 saturated heterocycles. The van der Waals surface area contributed by atoms with E-state index < -0.39 is 0 Å². The molecule has 0 radical (unpaired) electrons. The number of allylic oxidation sites excluding steroid dienone is 1. The zero-order valence-electron chi connectivity index (χ0n) is 15.7. The molecular formula is C20H21ClN4OS2. The summed E-state index contributed by atoms with van der Waals surface area (Å²) in [6.45, 7) is 8.69. The van der Waals surface area contributed by atoms with Crippen LogP contribution in [0.1, 0.15) is 17.4 Å². The van der Waals surface area contributed by atoms with Crippen molar-refractivity contribution in [3.63, 3.8) is 0 Å². The van der Waals surface area contributed by atoms with Crippen molar-refractivity contribution in [2.45, 2.75) is 32.0 Å². The second kappa shape index (κ2) is 9.41. The normalized spacial score (nSPS) is 10.8.